The number of carbonyl (C=O) groups is 1. The van der Waals surface area contributed by atoms with E-state index in [-0.39, 0.29) is 11.7 Å². The molecule has 17 heavy (non-hydrogen) atoms. The predicted molar refractivity (Wildman–Crippen MR) is 66.9 cm³/mol. The summed E-state index contributed by atoms with van der Waals surface area (Å²) in [5.41, 5.74) is 6.88. The molecule has 4 nitrogen and oxygen atoms in total. The largest absolute Gasteiger partial charge is 0.506 e. The zero-order valence-corrected chi connectivity index (χ0v) is 9.05. The summed E-state index contributed by atoms with van der Waals surface area (Å²) in [5.74, 6) is -0.296. The monoisotopic (exact) mass is 228 g/mol. The van der Waals surface area contributed by atoms with E-state index in [0.717, 1.165) is 0 Å². The number of phenols is 1. The lowest BCUT2D eigenvalue weighted by Gasteiger charge is -2.07. The van der Waals surface area contributed by atoms with Crippen molar-refractivity contribution in [1.82, 2.24) is 0 Å². The first-order valence-corrected chi connectivity index (χ1v) is 5.12. The zero-order valence-electron chi connectivity index (χ0n) is 9.05. The van der Waals surface area contributed by atoms with Crippen LogP contribution >= 0.6 is 0 Å². The fourth-order valence-corrected chi connectivity index (χ4v) is 1.44. The van der Waals surface area contributed by atoms with Crippen molar-refractivity contribution in [2.24, 2.45) is 0 Å². The Morgan fingerprint density at radius 3 is 2.53 bits per heavy atom. The van der Waals surface area contributed by atoms with Crippen molar-refractivity contribution in [2.45, 2.75) is 0 Å². The van der Waals surface area contributed by atoms with E-state index in [1.807, 2.05) is 6.07 Å². The van der Waals surface area contributed by atoms with Crippen LogP contribution in [0, 0.1) is 0 Å². The zero-order chi connectivity index (χ0) is 12.3. The van der Waals surface area contributed by atoms with Gasteiger partial charge < -0.3 is 16.2 Å². The van der Waals surface area contributed by atoms with Crippen LogP contribution in [0.15, 0.2) is 48.5 Å². The molecule has 0 unspecified atom stereocenters. The highest BCUT2D eigenvalue weighted by Crippen LogP contribution is 2.25. The molecule has 2 aromatic rings. The van der Waals surface area contributed by atoms with Crippen LogP contribution < -0.4 is 11.1 Å². The summed E-state index contributed by atoms with van der Waals surface area (Å²) in [5, 5.41) is 12.2. The SMILES string of the molecule is Nc1ccc(O)c(NC(=O)c2ccccc2)c1. The van der Waals surface area contributed by atoms with E-state index < -0.39 is 0 Å². The lowest BCUT2D eigenvalue weighted by Crippen LogP contribution is -2.11. The topological polar surface area (TPSA) is 75.3 Å². The highest BCUT2D eigenvalue weighted by molar-refractivity contribution is 6.05. The maximum absolute atomic E-state index is 11.8. The van der Waals surface area contributed by atoms with Gasteiger partial charge in [-0.2, -0.15) is 0 Å². The molecule has 0 aliphatic rings. The Balaban J connectivity index is 2.22. The van der Waals surface area contributed by atoms with Gasteiger partial charge in [-0.15, -0.1) is 0 Å². The molecule has 0 saturated heterocycles. The molecule has 2 rings (SSSR count). The molecule has 1 amide bonds. The van der Waals surface area contributed by atoms with Crippen molar-refractivity contribution in [2.75, 3.05) is 11.1 Å². The summed E-state index contributed by atoms with van der Waals surface area (Å²) in [6.07, 6.45) is 0. The van der Waals surface area contributed by atoms with Gasteiger partial charge in [0.05, 0.1) is 5.69 Å². The van der Waals surface area contributed by atoms with E-state index in [0.29, 0.717) is 16.9 Å². The molecule has 4 N–H and O–H groups in total. The van der Waals surface area contributed by atoms with Crippen LogP contribution in [0.2, 0.25) is 0 Å². The van der Waals surface area contributed by atoms with Gasteiger partial charge in [0, 0.05) is 11.3 Å². The average molecular weight is 228 g/mol. The summed E-state index contributed by atoms with van der Waals surface area (Å²) in [4.78, 5) is 11.8. The molecule has 0 aromatic heterocycles. The van der Waals surface area contributed by atoms with Crippen molar-refractivity contribution >= 4 is 17.3 Å². The smallest absolute Gasteiger partial charge is 0.255 e. The quantitative estimate of drug-likeness (QED) is 0.419. The normalized spacial score (nSPS) is 9.88. The Kier molecular flexibility index (Phi) is 2.96. The molecular weight excluding hydrogens is 216 g/mol. The maximum atomic E-state index is 11.8. The molecule has 0 aliphatic heterocycles. The number of carbonyl (C=O) groups excluding carboxylic acids is 1. The van der Waals surface area contributed by atoms with E-state index >= 15 is 0 Å². The van der Waals surface area contributed by atoms with Gasteiger partial charge in [-0.05, 0) is 30.3 Å². The van der Waals surface area contributed by atoms with Crippen LogP contribution in [-0.4, -0.2) is 11.0 Å². The molecule has 2 aromatic carbocycles. The fourth-order valence-electron chi connectivity index (χ4n) is 1.44. The molecule has 0 aliphatic carbocycles. The molecule has 0 heterocycles. The van der Waals surface area contributed by atoms with Gasteiger partial charge >= 0.3 is 0 Å². The summed E-state index contributed by atoms with van der Waals surface area (Å²) in [6.45, 7) is 0. The van der Waals surface area contributed by atoms with Crippen molar-refractivity contribution in [3.05, 3.63) is 54.1 Å². The molecule has 4 heteroatoms. The number of rotatable bonds is 2. The highest BCUT2D eigenvalue weighted by atomic mass is 16.3. The molecule has 0 atom stereocenters. The van der Waals surface area contributed by atoms with E-state index in [9.17, 15) is 9.90 Å². The number of hydrogen-bond acceptors (Lipinski definition) is 3. The fraction of sp³-hybridized carbons (Fsp3) is 0. The van der Waals surface area contributed by atoms with Crippen LogP contribution in [0.1, 0.15) is 10.4 Å². The first-order valence-electron chi connectivity index (χ1n) is 5.12. The van der Waals surface area contributed by atoms with Crippen LogP contribution in [-0.2, 0) is 0 Å². The van der Waals surface area contributed by atoms with Crippen LogP contribution in [0.25, 0.3) is 0 Å². The Morgan fingerprint density at radius 1 is 1.12 bits per heavy atom. The van der Waals surface area contributed by atoms with Crippen molar-refractivity contribution < 1.29 is 9.90 Å². The third kappa shape index (κ3) is 2.55. The minimum absolute atomic E-state index is 0.0107. The molecule has 0 saturated carbocycles. The maximum Gasteiger partial charge on any atom is 0.255 e. The number of aromatic hydroxyl groups is 1. The minimum Gasteiger partial charge on any atom is -0.506 e. The highest BCUT2D eigenvalue weighted by Gasteiger charge is 2.08. The number of nitrogen functional groups attached to an aromatic ring is 1. The Bertz CT molecular complexity index is 538. The average Bonchev–Trinajstić information content (AvgIpc) is 2.35. The van der Waals surface area contributed by atoms with Gasteiger partial charge in [0.2, 0.25) is 0 Å². The van der Waals surface area contributed by atoms with Crippen LogP contribution in [0.3, 0.4) is 0 Å². The number of nitrogens with one attached hydrogen (secondary N) is 1. The number of phenolic OH excluding ortho intramolecular Hbond substituents is 1. The molecule has 0 radical (unpaired) electrons. The van der Waals surface area contributed by atoms with Gasteiger partial charge in [0.25, 0.3) is 5.91 Å². The second kappa shape index (κ2) is 4.57. The van der Waals surface area contributed by atoms with E-state index in [4.69, 9.17) is 5.73 Å². The van der Waals surface area contributed by atoms with Gasteiger partial charge in [-0.25, -0.2) is 0 Å². The number of hydrogen-bond donors (Lipinski definition) is 3. The second-order valence-corrected chi connectivity index (χ2v) is 3.60. The van der Waals surface area contributed by atoms with Crippen molar-refractivity contribution in [3.63, 3.8) is 0 Å². The Hall–Kier alpha value is -2.49. The molecule has 0 spiro atoms. The number of nitrogens with two attached hydrogens (primary N) is 1. The first kappa shape index (κ1) is 11.0. The number of anilines is 2. The van der Waals surface area contributed by atoms with Gasteiger partial charge in [-0.1, -0.05) is 18.2 Å². The van der Waals surface area contributed by atoms with E-state index in [1.165, 1.54) is 12.1 Å². The summed E-state index contributed by atoms with van der Waals surface area (Å²) in [6, 6.07) is 13.3. The number of benzene rings is 2. The summed E-state index contributed by atoms with van der Waals surface area (Å²) in [7, 11) is 0. The summed E-state index contributed by atoms with van der Waals surface area (Å²) >= 11 is 0. The predicted octanol–water partition coefficient (Wildman–Crippen LogP) is 2.23. The van der Waals surface area contributed by atoms with E-state index in [2.05, 4.69) is 5.32 Å². The van der Waals surface area contributed by atoms with Gasteiger partial charge in [-0.3, -0.25) is 4.79 Å². The van der Waals surface area contributed by atoms with Crippen LogP contribution in [0.5, 0.6) is 5.75 Å². The lowest BCUT2D eigenvalue weighted by molar-refractivity contribution is 0.102. The van der Waals surface area contributed by atoms with Crippen LogP contribution in [0.4, 0.5) is 11.4 Å². The van der Waals surface area contributed by atoms with Crippen molar-refractivity contribution in [3.8, 4) is 5.75 Å². The molecular formula is C13H12N2O2. The molecule has 86 valence electrons. The van der Waals surface area contributed by atoms with Gasteiger partial charge in [0.15, 0.2) is 0 Å². The minimum atomic E-state index is -0.286. The Morgan fingerprint density at radius 2 is 1.82 bits per heavy atom. The third-order valence-electron chi connectivity index (χ3n) is 2.30. The standard InChI is InChI=1S/C13H12N2O2/c14-10-6-7-12(16)11(8-10)15-13(17)9-4-2-1-3-5-9/h1-8,16H,14H2,(H,15,17). The number of amides is 1. The molecule has 0 bridgehead atoms. The Labute approximate surface area is 98.7 Å². The van der Waals surface area contributed by atoms with Gasteiger partial charge in [0.1, 0.15) is 5.75 Å². The second-order valence-electron chi connectivity index (χ2n) is 3.60. The van der Waals surface area contributed by atoms with Crippen molar-refractivity contribution in [1.29, 1.82) is 0 Å². The van der Waals surface area contributed by atoms with E-state index in [1.54, 1.807) is 30.3 Å². The molecule has 0 fully saturated rings. The third-order valence-corrected chi connectivity index (χ3v) is 2.30. The lowest BCUT2D eigenvalue weighted by atomic mass is 10.2. The first-order chi connectivity index (χ1) is 8.16. The summed E-state index contributed by atoms with van der Waals surface area (Å²) < 4.78 is 0.